The van der Waals surface area contributed by atoms with Gasteiger partial charge in [0.1, 0.15) is 5.39 Å². The molecule has 0 atom stereocenters. The molecule has 0 saturated heterocycles. The fourth-order valence-electron chi connectivity index (χ4n) is 2.79. The van der Waals surface area contributed by atoms with Gasteiger partial charge in [0.15, 0.2) is 10.8 Å². The summed E-state index contributed by atoms with van der Waals surface area (Å²) in [6, 6.07) is 14.7. The van der Waals surface area contributed by atoms with Crippen LogP contribution in [0.4, 0.5) is 5.69 Å². The number of carbonyl (C=O) groups excluding carboxylic acids is 1. The normalized spacial score (nSPS) is 11.0. The Balaban J connectivity index is 1.54. The average molecular weight is 426 g/mol. The van der Waals surface area contributed by atoms with E-state index in [0.29, 0.717) is 26.9 Å². The van der Waals surface area contributed by atoms with Crippen molar-refractivity contribution in [2.45, 2.75) is 12.1 Å². The molecular formula is C20H16ClN5O2S. The predicted octanol–water partition coefficient (Wildman–Crippen LogP) is 3.80. The topological polar surface area (TPSA) is 92.7 Å². The van der Waals surface area contributed by atoms with E-state index < -0.39 is 0 Å². The Morgan fingerprint density at radius 1 is 1.21 bits per heavy atom. The first-order valence-corrected chi connectivity index (χ1v) is 10.1. The Labute approximate surface area is 175 Å². The van der Waals surface area contributed by atoms with Gasteiger partial charge in [0.2, 0.25) is 5.91 Å². The fourth-order valence-corrected chi connectivity index (χ4v) is 3.62. The minimum absolute atomic E-state index is 0.0832. The molecule has 0 spiro atoms. The maximum Gasteiger partial charge on any atom is 0.262 e. The number of benzene rings is 2. The van der Waals surface area contributed by atoms with E-state index in [-0.39, 0.29) is 17.2 Å². The van der Waals surface area contributed by atoms with Crippen LogP contribution in [0.25, 0.3) is 16.7 Å². The van der Waals surface area contributed by atoms with Crippen molar-refractivity contribution in [3.05, 3.63) is 75.7 Å². The van der Waals surface area contributed by atoms with Crippen LogP contribution in [-0.2, 0) is 4.79 Å². The third-order valence-electron chi connectivity index (χ3n) is 4.30. The molecule has 0 aliphatic carbocycles. The molecular weight excluding hydrogens is 410 g/mol. The van der Waals surface area contributed by atoms with E-state index in [0.717, 1.165) is 23.0 Å². The highest BCUT2D eigenvalue weighted by Gasteiger charge is 2.13. The molecule has 7 nitrogen and oxygen atoms in total. The van der Waals surface area contributed by atoms with E-state index in [1.165, 1.54) is 6.20 Å². The Kier molecular flexibility index (Phi) is 5.37. The zero-order chi connectivity index (χ0) is 20.4. The smallest absolute Gasteiger partial charge is 0.262 e. The number of para-hydroxylation sites is 1. The highest BCUT2D eigenvalue weighted by atomic mass is 35.5. The Hall–Kier alpha value is -3.10. The SMILES string of the molecule is Cc1c(Cl)cccc1NC(=O)CSc1nc2c(cnn2-c2ccccc2)c(=O)[nH]1. The van der Waals surface area contributed by atoms with Crippen molar-refractivity contribution in [3.8, 4) is 5.69 Å². The maximum atomic E-state index is 12.4. The van der Waals surface area contributed by atoms with Crippen molar-refractivity contribution in [1.82, 2.24) is 19.7 Å². The number of thioether (sulfide) groups is 1. The predicted molar refractivity (Wildman–Crippen MR) is 115 cm³/mol. The van der Waals surface area contributed by atoms with Crippen LogP contribution in [0.3, 0.4) is 0 Å². The third kappa shape index (κ3) is 4.03. The second-order valence-corrected chi connectivity index (χ2v) is 7.62. The summed E-state index contributed by atoms with van der Waals surface area (Å²) < 4.78 is 1.60. The zero-order valence-electron chi connectivity index (χ0n) is 15.3. The molecule has 29 heavy (non-hydrogen) atoms. The summed E-state index contributed by atoms with van der Waals surface area (Å²) in [5.41, 5.74) is 2.39. The van der Waals surface area contributed by atoms with Gasteiger partial charge < -0.3 is 10.3 Å². The van der Waals surface area contributed by atoms with Gasteiger partial charge in [-0.2, -0.15) is 5.10 Å². The van der Waals surface area contributed by atoms with E-state index in [9.17, 15) is 9.59 Å². The molecule has 2 aromatic carbocycles. The average Bonchev–Trinajstić information content (AvgIpc) is 3.15. The minimum Gasteiger partial charge on any atom is -0.325 e. The molecule has 9 heteroatoms. The number of anilines is 1. The number of hydrogen-bond acceptors (Lipinski definition) is 5. The van der Waals surface area contributed by atoms with Gasteiger partial charge in [0.05, 0.1) is 17.6 Å². The van der Waals surface area contributed by atoms with Gasteiger partial charge in [-0.3, -0.25) is 9.59 Å². The van der Waals surface area contributed by atoms with Gasteiger partial charge in [0.25, 0.3) is 5.56 Å². The molecule has 2 N–H and O–H groups in total. The molecule has 0 aliphatic rings. The van der Waals surface area contributed by atoms with E-state index in [1.807, 2.05) is 37.3 Å². The Morgan fingerprint density at radius 3 is 2.79 bits per heavy atom. The summed E-state index contributed by atoms with van der Waals surface area (Å²) in [5, 5.41) is 8.41. The number of fused-ring (bicyclic) bond motifs is 1. The molecule has 0 bridgehead atoms. The summed E-state index contributed by atoms with van der Waals surface area (Å²) in [5.74, 6) is -0.139. The van der Waals surface area contributed by atoms with Crippen LogP contribution in [0, 0.1) is 6.92 Å². The molecule has 4 aromatic rings. The maximum absolute atomic E-state index is 12.4. The van der Waals surface area contributed by atoms with E-state index in [2.05, 4.69) is 20.4 Å². The summed E-state index contributed by atoms with van der Waals surface area (Å²) in [7, 11) is 0. The summed E-state index contributed by atoms with van der Waals surface area (Å²) in [6.07, 6.45) is 1.48. The number of nitrogens with zero attached hydrogens (tertiary/aromatic N) is 3. The largest absolute Gasteiger partial charge is 0.325 e. The summed E-state index contributed by atoms with van der Waals surface area (Å²) in [4.78, 5) is 31.9. The van der Waals surface area contributed by atoms with Gasteiger partial charge in [-0.25, -0.2) is 9.67 Å². The van der Waals surface area contributed by atoms with Gasteiger partial charge in [0, 0.05) is 10.7 Å². The first-order valence-electron chi connectivity index (χ1n) is 8.74. The van der Waals surface area contributed by atoms with Gasteiger partial charge in [-0.05, 0) is 36.8 Å². The number of halogens is 1. The first kappa shape index (κ1) is 19.2. The van der Waals surface area contributed by atoms with E-state index in [1.54, 1.807) is 22.9 Å². The van der Waals surface area contributed by atoms with Crippen molar-refractivity contribution in [1.29, 1.82) is 0 Å². The van der Waals surface area contributed by atoms with Crippen LogP contribution in [-0.4, -0.2) is 31.4 Å². The molecule has 0 aliphatic heterocycles. The molecule has 2 heterocycles. The van der Waals surface area contributed by atoms with Crippen LogP contribution in [0.1, 0.15) is 5.56 Å². The number of rotatable bonds is 5. The lowest BCUT2D eigenvalue weighted by atomic mass is 10.2. The van der Waals surface area contributed by atoms with Gasteiger partial charge in [-0.15, -0.1) is 0 Å². The van der Waals surface area contributed by atoms with Crippen molar-refractivity contribution in [2.75, 3.05) is 11.1 Å². The number of amides is 1. The summed E-state index contributed by atoms with van der Waals surface area (Å²) >= 11 is 7.22. The number of aromatic nitrogens is 4. The summed E-state index contributed by atoms with van der Waals surface area (Å²) in [6.45, 7) is 1.84. The number of hydrogen-bond donors (Lipinski definition) is 2. The van der Waals surface area contributed by atoms with Gasteiger partial charge >= 0.3 is 0 Å². The second-order valence-electron chi connectivity index (χ2n) is 6.25. The molecule has 0 fully saturated rings. The van der Waals surface area contributed by atoms with Crippen molar-refractivity contribution in [3.63, 3.8) is 0 Å². The van der Waals surface area contributed by atoms with Crippen molar-refractivity contribution >= 4 is 46.0 Å². The minimum atomic E-state index is -0.300. The molecule has 0 unspecified atom stereocenters. The van der Waals surface area contributed by atoms with E-state index in [4.69, 9.17) is 11.6 Å². The number of H-pyrrole nitrogens is 1. The van der Waals surface area contributed by atoms with Crippen molar-refractivity contribution < 1.29 is 4.79 Å². The second kappa shape index (κ2) is 8.10. The Morgan fingerprint density at radius 2 is 2.00 bits per heavy atom. The Bertz CT molecular complexity index is 1250. The standard InChI is InChI=1S/C20H16ClN5O2S/c1-12-15(21)8-5-9-16(12)23-17(27)11-29-20-24-18-14(19(28)25-20)10-22-26(18)13-6-3-2-4-7-13/h2-10H,11H2,1H3,(H,23,27)(H,24,25,28). The lowest BCUT2D eigenvalue weighted by Gasteiger charge is -2.09. The molecule has 0 radical (unpaired) electrons. The first-order chi connectivity index (χ1) is 14.0. The van der Waals surface area contributed by atoms with Gasteiger partial charge in [-0.1, -0.05) is 47.6 Å². The quantitative estimate of drug-likeness (QED) is 0.374. The number of aromatic amines is 1. The van der Waals surface area contributed by atoms with Crippen LogP contribution >= 0.6 is 23.4 Å². The monoisotopic (exact) mass is 425 g/mol. The van der Waals surface area contributed by atoms with Crippen LogP contribution in [0.2, 0.25) is 5.02 Å². The highest BCUT2D eigenvalue weighted by Crippen LogP contribution is 2.23. The third-order valence-corrected chi connectivity index (χ3v) is 5.58. The van der Waals surface area contributed by atoms with Crippen LogP contribution < -0.4 is 10.9 Å². The number of carbonyl (C=O) groups is 1. The lowest BCUT2D eigenvalue weighted by molar-refractivity contribution is -0.113. The molecule has 1 amide bonds. The zero-order valence-corrected chi connectivity index (χ0v) is 16.9. The number of nitrogens with one attached hydrogen (secondary N) is 2. The van der Waals surface area contributed by atoms with Crippen molar-refractivity contribution in [2.24, 2.45) is 0 Å². The highest BCUT2D eigenvalue weighted by molar-refractivity contribution is 7.99. The molecule has 0 saturated carbocycles. The van der Waals surface area contributed by atoms with Crippen LogP contribution in [0.5, 0.6) is 0 Å². The molecule has 2 aromatic heterocycles. The van der Waals surface area contributed by atoms with E-state index >= 15 is 0 Å². The van der Waals surface area contributed by atoms with Crippen LogP contribution in [0.15, 0.2) is 64.7 Å². The fraction of sp³-hybridized carbons (Fsp3) is 0.100. The lowest BCUT2D eigenvalue weighted by Crippen LogP contribution is -2.16. The molecule has 4 rings (SSSR count). The molecule has 146 valence electrons.